The molecule has 0 saturated carbocycles. The molecule has 22 heavy (non-hydrogen) atoms. The van der Waals surface area contributed by atoms with Crippen LogP contribution in [-0.2, 0) is 13.0 Å². The van der Waals surface area contributed by atoms with Crippen LogP contribution in [0.3, 0.4) is 0 Å². The van der Waals surface area contributed by atoms with Crippen LogP contribution >= 0.6 is 0 Å². The predicted octanol–water partition coefficient (Wildman–Crippen LogP) is 2.51. The molecule has 0 aliphatic carbocycles. The third-order valence-electron chi connectivity index (χ3n) is 4.15. The minimum atomic E-state index is 0.465. The molecule has 1 aliphatic rings. The monoisotopic (exact) mass is 297 g/mol. The molecule has 0 amide bonds. The summed E-state index contributed by atoms with van der Waals surface area (Å²) in [6, 6.07) is 6.57. The highest BCUT2D eigenvalue weighted by atomic mass is 15.2. The lowest BCUT2D eigenvalue weighted by Gasteiger charge is -2.32. The number of aromatic nitrogens is 3. The Bertz CT molecular complexity index is 561. The summed E-state index contributed by atoms with van der Waals surface area (Å²) in [5.74, 6) is 0.750. The third kappa shape index (κ3) is 4.01. The molecule has 116 valence electrons. The van der Waals surface area contributed by atoms with Crippen molar-refractivity contribution in [3.63, 3.8) is 0 Å². The summed E-state index contributed by atoms with van der Waals surface area (Å²) in [6.07, 6.45) is 8.89. The van der Waals surface area contributed by atoms with E-state index in [2.05, 4.69) is 38.2 Å². The summed E-state index contributed by atoms with van der Waals surface area (Å²) < 4.78 is 0. The second-order valence-electron chi connectivity index (χ2n) is 5.78. The normalized spacial score (nSPS) is 16.6. The fourth-order valence-electron chi connectivity index (χ4n) is 2.75. The quantitative estimate of drug-likeness (QED) is 0.919. The lowest BCUT2D eigenvalue weighted by molar-refractivity contribution is 0.209. The van der Waals surface area contributed by atoms with Crippen LogP contribution in [0, 0.1) is 0 Å². The van der Waals surface area contributed by atoms with Crippen LogP contribution in [0.15, 0.2) is 36.8 Å². The number of aryl methyl sites for hydroxylation is 1. The van der Waals surface area contributed by atoms with Crippen molar-refractivity contribution in [2.75, 3.05) is 18.4 Å². The van der Waals surface area contributed by atoms with Crippen molar-refractivity contribution in [1.82, 2.24) is 19.9 Å². The van der Waals surface area contributed by atoms with Gasteiger partial charge in [0, 0.05) is 44.3 Å². The van der Waals surface area contributed by atoms with Gasteiger partial charge in [0.25, 0.3) is 0 Å². The van der Waals surface area contributed by atoms with Gasteiger partial charge in [0.05, 0.1) is 5.69 Å². The molecule has 2 aromatic heterocycles. The van der Waals surface area contributed by atoms with Gasteiger partial charge in [-0.1, -0.05) is 13.0 Å². The van der Waals surface area contributed by atoms with Crippen LogP contribution in [0.1, 0.15) is 31.0 Å². The number of pyridine rings is 1. The molecule has 0 spiro atoms. The van der Waals surface area contributed by atoms with Crippen molar-refractivity contribution in [3.05, 3.63) is 48.0 Å². The van der Waals surface area contributed by atoms with E-state index < -0.39 is 0 Å². The second-order valence-corrected chi connectivity index (χ2v) is 5.78. The summed E-state index contributed by atoms with van der Waals surface area (Å²) in [6.45, 7) is 5.22. The highest BCUT2D eigenvalue weighted by Gasteiger charge is 2.19. The molecule has 0 radical (unpaired) electrons. The molecule has 0 bridgehead atoms. The number of nitrogens with zero attached hydrogens (tertiary/aromatic N) is 4. The Morgan fingerprint density at radius 3 is 2.55 bits per heavy atom. The van der Waals surface area contributed by atoms with Gasteiger partial charge < -0.3 is 5.32 Å². The molecule has 0 atom stereocenters. The van der Waals surface area contributed by atoms with Gasteiger partial charge in [-0.05, 0) is 37.0 Å². The van der Waals surface area contributed by atoms with Crippen molar-refractivity contribution >= 4 is 5.95 Å². The van der Waals surface area contributed by atoms with E-state index in [1.807, 2.05) is 30.7 Å². The number of rotatable bonds is 5. The molecule has 0 aromatic carbocycles. The molecule has 3 heterocycles. The third-order valence-corrected chi connectivity index (χ3v) is 4.15. The zero-order chi connectivity index (χ0) is 15.2. The Labute approximate surface area is 131 Å². The maximum Gasteiger partial charge on any atom is 0.222 e. The Morgan fingerprint density at radius 2 is 1.91 bits per heavy atom. The van der Waals surface area contributed by atoms with Gasteiger partial charge in [0.15, 0.2) is 0 Å². The number of likely N-dealkylation sites (tertiary alicyclic amines) is 1. The van der Waals surface area contributed by atoms with Crippen molar-refractivity contribution in [2.24, 2.45) is 0 Å². The first-order valence-corrected chi connectivity index (χ1v) is 8.03. The van der Waals surface area contributed by atoms with Crippen molar-refractivity contribution in [1.29, 1.82) is 0 Å². The maximum absolute atomic E-state index is 4.40. The summed E-state index contributed by atoms with van der Waals surface area (Å²) in [7, 11) is 0. The zero-order valence-corrected chi connectivity index (χ0v) is 13.1. The molecule has 1 N–H and O–H groups in total. The lowest BCUT2D eigenvalue weighted by atomic mass is 10.1. The molecule has 1 aliphatic heterocycles. The molecule has 3 rings (SSSR count). The lowest BCUT2D eigenvalue weighted by Crippen LogP contribution is -2.39. The highest BCUT2D eigenvalue weighted by molar-refractivity contribution is 5.26. The first kappa shape index (κ1) is 14.9. The first-order valence-electron chi connectivity index (χ1n) is 8.03. The van der Waals surface area contributed by atoms with E-state index in [1.165, 1.54) is 5.56 Å². The molecule has 1 fully saturated rings. The Kier molecular flexibility index (Phi) is 4.96. The van der Waals surface area contributed by atoms with Crippen LogP contribution in [-0.4, -0.2) is 39.0 Å². The van der Waals surface area contributed by atoms with Crippen LogP contribution in [0.5, 0.6) is 0 Å². The van der Waals surface area contributed by atoms with E-state index in [9.17, 15) is 0 Å². The van der Waals surface area contributed by atoms with Gasteiger partial charge in [0.2, 0.25) is 5.95 Å². The molecular weight excluding hydrogens is 274 g/mol. The zero-order valence-electron chi connectivity index (χ0n) is 13.1. The van der Waals surface area contributed by atoms with E-state index >= 15 is 0 Å². The van der Waals surface area contributed by atoms with E-state index in [4.69, 9.17) is 0 Å². The first-order chi connectivity index (χ1) is 10.8. The number of hydrogen-bond acceptors (Lipinski definition) is 5. The van der Waals surface area contributed by atoms with Crippen LogP contribution < -0.4 is 5.32 Å². The van der Waals surface area contributed by atoms with Crippen LogP contribution in [0.4, 0.5) is 5.95 Å². The summed E-state index contributed by atoms with van der Waals surface area (Å²) in [4.78, 5) is 15.6. The Hall–Kier alpha value is -2.01. The van der Waals surface area contributed by atoms with Gasteiger partial charge in [-0.3, -0.25) is 9.88 Å². The van der Waals surface area contributed by atoms with Gasteiger partial charge in [-0.15, -0.1) is 0 Å². The molecule has 5 heteroatoms. The van der Waals surface area contributed by atoms with Gasteiger partial charge in [-0.2, -0.15) is 0 Å². The predicted molar refractivity (Wildman–Crippen MR) is 87.6 cm³/mol. The van der Waals surface area contributed by atoms with Crippen LogP contribution in [0.25, 0.3) is 0 Å². The van der Waals surface area contributed by atoms with E-state index in [-0.39, 0.29) is 0 Å². The summed E-state index contributed by atoms with van der Waals surface area (Å²) >= 11 is 0. The molecule has 5 nitrogen and oxygen atoms in total. The van der Waals surface area contributed by atoms with Crippen molar-refractivity contribution in [3.8, 4) is 0 Å². The minimum Gasteiger partial charge on any atom is -0.351 e. The smallest absolute Gasteiger partial charge is 0.222 e. The topological polar surface area (TPSA) is 53.9 Å². The second kappa shape index (κ2) is 7.31. The van der Waals surface area contributed by atoms with Crippen molar-refractivity contribution in [2.45, 2.75) is 38.8 Å². The Morgan fingerprint density at radius 1 is 1.14 bits per heavy atom. The molecule has 0 unspecified atom stereocenters. The van der Waals surface area contributed by atoms with Crippen molar-refractivity contribution < 1.29 is 0 Å². The summed E-state index contributed by atoms with van der Waals surface area (Å²) in [5.41, 5.74) is 2.32. The Balaban J connectivity index is 1.47. The summed E-state index contributed by atoms with van der Waals surface area (Å²) in [5, 5.41) is 3.45. The largest absolute Gasteiger partial charge is 0.351 e. The average molecular weight is 297 g/mol. The van der Waals surface area contributed by atoms with Gasteiger partial charge in [0.1, 0.15) is 0 Å². The number of nitrogens with one attached hydrogen (secondary N) is 1. The van der Waals surface area contributed by atoms with Gasteiger partial charge >= 0.3 is 0 Å². The number of anilines is 1. The van der Waals surface area contributed by atoms with Gasteiger partial charge in [-0.25, -0.2) is 9.97 Å². The van der Waals surface area contributed by atoms with Crippen LogP contribution in [0.2, 0.25) is 0 Å². The number of piperidine rings is 1. The average Bonchev–Trinajstić information content (AvgIpc) is 2.58. The molecular formula is C17H23N5. The fraction of sp³-hybridized carbons (Fsp3) is 0.471. The standard InChI is InChI=1S/C17H23N5/c1-2-14-11-19-17(20-12-14)21-15-6-9-22(10-7-15)13-16-5-3-4-8-18-16/h3-5,8,11-12,15H,2,6-7,9-10,13H2,1H3,(H,19,20,21). The highest BCUT2D eigenvalue weighted by Crippen LogP contribution is 2.15. The van der Waals surface area contributed by atoms with E-state index in [0.29, 0.717) is 6.04 Å². The fourth-order valence-corrected chi connectivity index (χ4v) is 2.75. The number of hydrogen-bond donors (Lipinski definition) is 1. The molecule has 2 aromatic rings. The van der Waals surface area contributed by atoms with E-state index in [1.54, 1.807) is 0 Å². The molecule has 1 saturated heterocycles. The SMILES string of the molecule is CCc1cnc(NC2CCN(Cc3ccccn3)CC2)nc1. The minimum absolute atomic E-state index is 0.465. The maximum atomic E-state index is 4.40. The van der Waals surface area contributed by atoms with E-state index in [0.717, 1.165) is 50.5 Å².